The quantitative estimate of drug-likeness (QED) is 0.784. The smallest absolute Gasteiger partial charge is 0.146 e. The number of nitrogens with zero attached hydrogens (tertiary/aromatic N) is 1. The van der Waals surface area contributed by atoms with Crippen molar-refractivity contribution in [2.75, 3.05) is 18.0 Å². The van der Waals surface area contributed by atoms with E-state index in [4.69, 9.17) is 0 Å². The average Bonchev–Trinajstić information content (AvgIpc) is 2.23. The molecule has 0 spiro atoms. The molecule has 1 aliphatic rings. The van der Waals surface area contributed by atoms with E-state index in [2.05, 4.69) is 24.1 Å². The molecule has 0 bridgehead atoms. The Morgan fingerprint density at radius 3 is 2.81 bits per heavy atom. The third kappa shape index (κ3) is 2.05. The van der Waals surface area contributed by atoms with E-state index >= 15 is 0 Å². The molecule has 88 valence electrons. The summed E-state index contributed by atoms with van der Waals surface area (Å²) in [7, 11) is 0. The molecule has 1 saturated heterocycles. The summed E-state index contributed by atoms with van der Waals surface area (Å²) in [6, 6.07) is 6.03. The Hall–Kier alpha value is -1.09. The Bertz CT molecular complexity index is 358. The minimum Gasteiger partial charge on any atom is -0.363 e. The first-order chi connectivity index (χ1) is 7.59. The molecule has 2 atom stereocenters. The SMILES string of the molecule is Cc1cccc(F)c1N1CC(C)NCC1C. The number of halogens is 1. The van der Waals surface area contributed by atoms with Crippen LogP contribution in [0.2, 0.25) is 0 Å². The molecule has 0 saturated carbocycles. The van der Waals surface area contributed by atoms with Gasteiger partial charge in [0.05, 0.1) is 5.69 Å². The molecule has 0 amide bonds. The van der Waals surface area contributed by atoms with Crippen LogP contribution in [0.1, 0.15) is 19.4 Å². The number of anilines is 1. The predicted octanol–water partition coefficient (Wildman–Crippen LogP) is 2.32. The summed E-state index contributed by atoms with van der Waals surface area (Å²) in [4.78, 5) is 2.17. The highest BCUT2D eigenvalue weighted by atomic mass is 19.1. The Morgan fingerprint density at radius 1 is 1.38 bits per heavy atom. The fourth-order valence-electron chi connectivity index (χ4n) is 2.32. The van der Waals surface area contributed by atoms with Gasteiger partial charge in [-0.05, 0) is 32.4 Å². The molecular weight excluding hydrogens is 203 g/mol. The first-order valence-corrected chi connectivity index (χ1v) is 5.84. The lowest BCUT2D eigenvalue weighted by molar-refractivity contribution is 0.420. The number of para-hydroxylation sites is 1. The molecular formula is C13H19FN2. The van der Waals surface area contributed by atoms with Crippen LogP contribution in [-0.4, -0.2) is 25.2 Å². The van der Waals surface area contributed by atoms with Gasteiger partial charge >= 0.3 is 0 Å². The lowest BCUT2D eigenvalue weighted by Gasteiger charge is -2.40. The van der Waals surface area contributed by atoms with Crippen LogP contribution in [0.15, 0.2) is 18.2 Å². The fraction of sp³-hybridized carbons (Fsp3) is 0.538. The number of piperazine rings is 1. The summed E-state index contributed by atoms with van der Waals surface area (Å²) < 4.78 is 13.9. The monoisotopic (exact) mass is 222 g/mol. The van der Waals surface area contributed by atoms with Gasteiger partial charge in [-0.3, -0.25) is 0 Å². The Morgan fingerprint density at radius 2 is 2.12 bits per heavy atom. The summed E-state index contributed by atoms with van der Waals surface area (Å²) in [5.74, 6) is -0.110. The molecule has 2 nitrogen and oxygen atoms in total. The topological polar surface area (TPSA) is 15.3 Å². The van der Waals surface area contributed by atoms with Crippen LogP contribution in [0.25, 0.3) is 0 Å². The van der Waals surface area contributed by atoms with Crippen molar-refractivity contribution in [2.24, 2.45) is 0 Å². The van der Waals surface area contributed by atoms with Gasteiger partial charge < -0.3 is 10.2 Å². The zero-order chi connectivity index (χ0) is 11.7. The number of hydrogen-bond donors (Lipinski definition) is 1. The summed E-state index contributed by atoms with van der Waals surface area (Å²) in [6.07, 6.45) is 0. The van der Waals surface area contributed by atoms with Gasteiger partial charge in [-0.25, -0.2) is 4.39 Å². The third-order valence-corrected chi connectivity index (χ3v) is 3.24. The highest BCUT2D eigenvalue weighted by Gasteiger charge is 2.25. The van der Waals surface area contributed by atoms with Gasteiger partial charge in [0, 0.05) is 25.2 Å². The van der Waals surface area contributed by atoms with E-state index in [1.165, 1.54) is 0 Å². The second-order valence-electron chi connectivity index (χ2n) is 4.72. The molecule has 1 fully saturated rings. The van der Waals surface area contributed by atoms with E-state index in [0.717, 1.165) is 24.3 Å². The van der Waals surface area contributed by atoms with E-state index in [-0.39, 0.29) is 5.82 Å². The van der Waals surface area contributed by atoms with Crippen molar-refractivity contribution in [3.8, 4) is 0 Å². The summed E-state index contributed by atoms with van der Waals surface area (Å²) in [5, 5.41) is 3.41. The van der Waals surface area contributed by atoms with Gasteiger partial charge in [-0.1, -0.05) is 12.1 Å². The van der Waals surface area contributed by atoms with Gasteiger partial charge in [0.1, 0.15) is 5.82 Å². The number of rotatable bonds is 1. The Labute approximate surface area is 96.5 Å². The number of aryl methyl sites for hydroxylation is 1. The van der Waals surface area contributed by atoms with Crippen LogP contribution in [-0.2, 0) is 0 Å². The molecule has 1 aromatic carbocycles. The molecule has 0 radical (unpaired) electrons. The third-order valence-electron chi connectivity index (χ3n) is 3.24. The first kappa shape index (κ1) is 11.4. The van der Waals surface area contributed by atoms with Gasteiger partial charge in [-0.15, -0.1) is 0 Å². The first-order valence-electron chi connectivity index (χ1n) is 5.84. The van der Waals surface area contributed by atoms with E-state index in [9.17, 15) is 4.39 Å². The lowest BCUT2D eigenvalue weighted by atomic mass is 10.1. The van der Waals surface area contributed by atoms with Crippen LogP contribution < -0.4 is 10.2 Å². The van der Waals surface area contributed by atoms with Crippen LogP contribution in [0.3, 0.4) is 0 Å². The number of nitrogens with one attached hydrogen (secondary N) is 1. The van der Waals surface area contributed by atoms with E-state index < -0.39 is 0 Å². The zero-order valence-corrected chi connectivity index (χ0v) is 10.1. The van der Waals surface area contributed by atoms with Crippen molar-refractivity contribution >= 4 is 5.69 Å². The fourth-order valence-corrected chi connectivity index (χ4v) is 2.32. The van der Waals surface area contributed by atoms with Gasteiger partial charge in [0.2, 0.25) is 0 Å². The molecule has 2 rings (SSSR count). The summed E-state index contributed by atoms with van der Waals surface area (Å²) in [6.45, 7) is 8.01. The highest BCUT2D eigenvalue weighted by Crippen LogP contribution is 2.26. The predicted molar refractivity (Wildman–Crippen MR) is 65.4 cm³/mol. The van der Waals surface area contributed by atoms with E-state index in [1.807, 2.05) is 13.0 Å². The normalized spacial score (nSPS) is 25.9. The van der Waals surface area contributed by atoms with Crippen LogP contribution in [0.5, 0.6) is 0 Å². The van der Waals surface area contributed by atoms with E-state index in [0.29, 0.717) is 12.1 Å². The molecule has 2 unspecified atom stereocenters. The van der Waals surface area contributed by atoms with Crippen LogP contribution >= 0.6 is 0 Å². The second-order valence-corrected chi connectivity index (χ2v) is 4.72. The van der Waals surface area contributed by atoms with Crippen LogP contribution in [0.4, 0.5) is 10.1 Å². The lowest BCUT2D eigenvalue weighted by Crippen LogP contribution is -2.54. The van der Waals surface area contributed by atoms with Crippen molar-refractivity contribution < 1.29 is 4.39 Å². The molecule has 1 aromatic rings. The summed E-state index contributed by atoms with van der Waals surface area (Å²) >= 11 is 0. The van der Waals surface area contributed by atoms with Crippen LogP contribution in [0, 0.1) is 12.7 Å². The Kier molecular flexibility index (Phi) is 3.15. The average molecular weight is 222 g/mol. The molecule has 0 aromatic heterocycles. The second kappa shape index (κ2) is 4.42. The molecule has 16 heavy (non-hydrogen) atoms. The largest absolute Gasteiger partial charge is 0.363 e. The van der Waals surface area contributed by atoms with Crippen molar-refractivity contribution in [3.63, 3.8) is 0 Å². The zero-order valence-electron chi connectivity index (χ0n) is 10.1. The molecule has 1 aliphatic heterocycles. The van der Waals surface area contributed by atoms with Gasteiger partial charge in [0.25, 0.3) is 0 Å². The molecule has 1 heterocycles. The maximum Gasteiger partial charge on any atom is 0.146 e. The molecule has 0 aliphatic carbocycles. The molecule has 1 N–H and O–H groups in total. The van der Waals surface area contributed by atoms with Crippen molar-refractivity contribution in [1.82, 2.24) is 5.32 Å². The summed E-state index contributed by atoms with van der Waals surface area (Å²) in [5.41, 5.74) is 1.78. The number of hydrogen-bond acceptors (Lipinski definition) is 2. The standard InChI is InChI=1S/C13H19FN2/c1-9-5-4-6-12(14)13(9)16-8-10(2)15-7-11(16)3/h4-6,10-11,15H,7-8H2,1-3H3. The van der Waals surface area contributed by atoms with Crippen molar-refractivity contribution in [3.05, 3.63) is 29.6 Å². The Balaban J connectivity index is 2.35. The number of benzene rings is 1. The van der Waals surface area contributed by atoms with E-state index in [1.54, 1.807) is 12.1 Å². The molecule has 3 heteroatoms. The maximum absolute atomic E-state index is 13.9. The van der Waals surface area contributed by atoms with Crippen molar-refractivity contribution in [2.45, 2.75) is 32.9 Å². The minimum atomic E-state index is -0.110. The van der Waals surface area contributed by atoms with Gasteiger partial charge in [-0.2, -0.15) is 0 Å². The van der Waals surface area contributed by atoms with Gasteiger partial charge in [0.15, 0.2) is 0 Å². The maximum atomic E-state index is 13.9. The minimum absolute atomic E-state index is 0.110. The van der Waals surface area contributed by atoms with Crippen molar-refractivity contribution in [1.29, 1.82) is 0 Å². The highest BCUT2D eigenvalue weighted by molar-refractivity contribution is 5.55.